The third-order valence-corrected chi connectivity index (χ3v) is 2.53. The van der Waals surface area contributed by atoms with Crippen molar-refractivity contribution in [3.63, 3.8) is 0 Å². The van der Waals surface area contributed by atoms with Gasteiger partial charge in [-0.2, -0.15) is 0 Å². The van der Waals surface area contributed by atoms with Gasteiger partial charge in [-0.05, 0) is 40.7 Å². The fourth-order valence-corrected chi connectivity index (χ4v) is 1.10. The van der Waals surface area contributed by atoms with Crippen LogP contribution in [0.3, 0.4) is 0 Å². The molecule has 0 N–H and O–H groups in total. The van der Waals surface area contributed by atoms with Crippen LogP contribution in [0.25, 0.3) is 0 Å². The normalized spacial score (nSPS) is 14.6. The fraction of sp³-hybridized carbons (Fsp3) is 0.867. The van der Waals surface area contributed by atoms with Gasteiger partial charge in [0.1, 0.15) is 0 Å². The average Bonchev–Trinajstić information content (AvgIpc) is 2.21. The molecule has 0 aliphatic rings. The van der Waals surface area contributed by atoms with E-state index in [9.17, 15) is 8.78 Å². The minimum Gasteiger partial charge on any atom is -0.373 e. The van der Waals surface area contributed by atoms with Crippen LogP contribution in [0.15, 0.2) is 12.2 Å². The molecule has 0 saturated heterocycles. The van der Waals surface area contributed by atoms with E-state index in [-0.39, 0.29) is 12.2 Å². The van der Waals surface area contributed by atoms with Crippen LogP contribution in [0.1, 0.15) is 48.5 Å². The number of hydrogen-bond donors (Lipinski definition) is 0. The van der Waals surface area contributed by atoms with E-state index in [0.717, 1.165) is 6.08 Å². The fourth-order valence-electron chi connectivity index (χ4n) is 1.10. The summed E-state index contributed by atoms with van der Waals surface area (Å²) in [6.45, 7) is 13.2. The first-order valence-corrected chi connectivity index (χ1v) is 6.69. The van der Waals surface area contributed by atoms with Crippen molar-refractivity contribution in [2.45, 2.75) is 65.6 Å². The van der Waals surface area contributed by atoms with Crippen LogP contribution in [0, 0.1) is 5.92 Å². The van der Waals surface area contributed by atoms with Gasteiger partial charge in [0.25, 0.3) is 5.92 Å². The predicted octanol–water partition coefficient (Wildman–Crippen LogP) is 4.44. The molecule has 0 fully saturated rings. The molecular formula is C15H28F2O2. The molecule has 0 atom stereocenters. The summed E-state index contributed by atoms with van der Waals surface area (Å²) in [7, 11) is 0. The molecule has 0 aromatic rings. The first-order chi connectivity index (χ1) is 8.36. The monoisotopic (exact) mass is 278 g/mol. The van der Waals surface area contributed by atoms with Gasteiger partial charge in [0.15, 0.2) is 0 Å². The van der Waals surface area contributed by atoms with Crippen LogP contribution in [0.4, 0.5) is 8.78 Å². The lowest BCUT2D eigenvalue weighted by Crippen LogP contribution is -2.35. The maximum Gasteiger partial charge on any atom is 0.268 e. The molecule has 0 rings (SSSR count). The highest BCUT2D eigenvalue weighted by molar-refractivity contribution is 4.96. The van der Waals surface area contributed by atoms with Gasteiger partial charge in [-0.3, -0.25) is 0 Å². The number of halogens is 2. The van der Waals surface area contributed by atoms with E-state index in [2.05, 4.69) is 0 Å². The summed E-state index contributed by atoms with van der Waals surface area (Å²) >= 11 is 0. The van der Waals surface area contributed by atoms with Crippen molar-refractivity contribution < 1.29 is 18.3 Å². The Morgan fingerprint density at radius 2 is 1.53 bits per heavy atom. The molecule has 0 bridgehead atoms. The second-order valence-corrected chi connectivity index (χ2v) is 6.70. The van der Waals surface area contributed by atoms with Gasteiger partial charge in [0.05, 0.1) is 24.4 Å². The van der Waals surface area contributed by atoms with Crippen molar-refractivity contribution in [2.24, 2.45) is 5.92 Å². The second-order valence-electron chi connectivity index (χ2n) is 6.70. The van der Waals surface area contributed by atoms with Crippen molar-refractivity contribution in [2.75, 3.05) is 13.2 Å². The lowest BCUT2D eigenvalue weighted by molar-refractivity contribution is -0.108. The predicted molar refractivity (Wildman–Crippen MR) is 74.7 cm³/mol. The van der Waals surface area contributed by atoms with Crippen molar-refractivity contribution in [1.82, 2.24) is 0 Å². The van der Waals surface area contributed by atoms with Crippen LogP contribution in [0.5, 0.6) is 0 Å². The quantitative estimate of drug-likeness (QED) is 0.641. The van der Waals surface area contributed by atoms with Crippen LogP contribution in [-0.4, -0.2) is 30.3 Å². The second kappa shape index (κ2) is 6.80. The third kappa shape index (κ3) is 9.11. The molecule has 0 aliphatic carbocycles. The Bertz CT molecular complexity index is 289. The molecule has 0 spiro atoms. The highest BCUT2D eigenvalue weighted by Crippen LogP contribution is 2.25. The van der Waals surface area contributed by atoms with E-state index in [1.807, 2.05) is 34.6 Å². The van der Waals surface area contributed by atoms with Crippen molar-refractivity contribution >= 4 is 0 Å². The van der Waals surface area contributed by atoms with E-state index in [1.165, 1.54) is 19.9 Å². The molecule has 4 heteroatoms. The molecule has 19 heavy (non-hydrogen) atoms. The number of rotatable bonds is 7. The summed E-state index contributed by atoms with van der Waals surface area (Å²) in [6, 6.07) is 0. The first-order valence-electron chi connectivity index (χ1n) is 6.69. The average molecular weight is 278 g/mol. The van der Waals surface area contributed by atoms with E-state index in [0.29, 0.717) is 6.61 Å². The summed E-state index contributed by atoms with van der Waals surface area (Å²) < 4.78 is 37.8. The molecule has 0 aromatic heterocycles. The van der Waals surface area contributed by atoms with Gasteiger partial charge in [0.2, 0.25) is 0 Å². The van der Waals surface area contributed by atoms with Crippen LogP contribution < -0.4 is 0 Å². The molecule has 0 radical (unpaired) electrons. The molecular weight excluding hydrogens is 250 g/mol. The van der Waals surface area contributed by atoms with Gasteiger partial charge >= 0.3 is 0 Å². The molecule has 0 amide bonds. The van der Waals surface area contributed by atoms with Gasteiger partial charge in [-0.25, -0.2) is 8.78 Å². The standard InChI is InChI=1S/C15H28F2O2/c1-12(2)15(16,17)9-8-10-18-14(6,7)11-19-13(3,4)5/h8-9,12H,10-11H2,1-7H3. The molecule has 0 aliphatic heterocycles. The highest BCUT2D eigenvalue weighted by Gasteiger charge is 2.29. The Balaban J connectivity index is 4.15. The Labute approximate surface area is 116 Å². The van der Waals surface area contributed by atoms with E-state index in [4.69, 9.17) is 9.47 Å². The first kappa shape index (κ1) is 18.5. The van der Waals surface area contributed by atoms with E-state index >= 15 is 0 Å². The summed E-state index contributed by atoms with van der Waals surface area (Å²) in [6.07, 6.45) is 2.29. The number of allylic oxidation sites excluding steroid dienone is 1. The zero-order chi connectivity index (χ0) is 15.3. The summed E-state index contributed by atoms with van der Waals surface area (Å²) in [5.74, 6) is -3.49. The van der Waals surface area contributed by atoms with Gasteiger partial charge in [-0.1, -0.05) is 19.9 Å². The third-order valence-electron chi connectivity index (χ3n) is 2.53. The SMILES string of the molecule is CC(C)C(F)(F)C=CCOC(C)(C)COC(C)(C)C. The largest absolute Gasteiger partial charge is 0.373 e. The lowest BCUT2D eigenvalue weighted by Gasteiger charge is -2.29. The number of ether oxygens (including phenoxy) is 2. The zero-order valence-electron chi connectivity index (χ0n) is 13.2. The van der Waals surface area contributed by atoms with Crippen molar-refractivity contribution in [3.8, 4) is 0 Å². The molecule has 0 aromatic carbocycles. The highest BCUT2D eigenvalue weighted by atomic mass is 19.3. The van der Waals surface area contributed by atoms with E-state index in [1.54, 1.807) is 0 Å². The summed E-state index contributed by atoms with van der Waals surface area (Å²) in [5.41, 5.74) is -0.730. The van der Waals surface area contributed by atoms with Gasteiger partial charge in [-0.15, -0.1) is 0 Å². The van der Waals surface area contributed by atoms with Crippen LogP contribution >= 0.6 is 0 Å². The molecule has 0 heterocycles. The van der Waals surface area contributed by atoms with Crippen molar-refractivity contribution in [3.05, 3.63) is 12.2 Å². The van der Waals surface area contributed by atoms with Crippen LogP contribution in [-0.2, 0) is 9.47 Å². The molecule has 114 valence electrons. The molecule has 0 unspecified atom stereocenters. The summed E-state index contributed by atoms with van der Waals surface area (Å²) in [5, 5.41) is 0. The van der Waals surface area contributed by atoms with E-state index < -0.39 is 17.4 Å². The van der Waals surface area contributed by atoms with Gasteiger partial charge in [0, 0.05) is 5.92 Å². The maximum atomic E-state index is 13.3. The number of alkyl halides is 2. The Kier molecular flexibility index (Phi) is 6.63. The topological polar surface area (TPSA) is 18.5 Å². The van der Waals surface area contributed by atoms with Crippen LogP contribution in [0.2, 0.25) is 0 Å². The Morgan fingerprint density at radius 1 is 1.00 bits per heavy atom. The molecule has 2 nitrogen and oxygen atoms in total. The minimum atomic E-state index is -2.78. The van der Waals surface area contributed by atoms with Gasteiger partial charge < -0.3 is 9.47 Å². The molecule has 0 saturated carbocycles. The zero-order valence-corrected chi connectivity index (χ0v) is 13.2. The number of hydrogen-bond acceptors (Lipinski definition) is 2. The maximum absolute atomic E-state index is 13.3. The summed E-state index contributed by atoms with van der Waals surface area (Å²) in [4.78, 5) is 0. The lowest BCUT2D eigenvalue weighted by atomic mass is 10.1. The minimum absolute atomic E-state index is 0.156. The Hall–Kier alpha value is -0.480. The smallest absolute Gasteiger partial charge is 0.268 e. The van der Waals surface area contributed by atoms with Crippen molar-refractivity contribution in [1.29, 1.82) is 0 Å². The Morgan fingerprint density at radius 3 is 1.95 bits per heavy atom.